The predicted molar refractivity (Wildman–Crippen MR) is 133 cm³/mol. The van der Waals surface area contributed by atoms with Gasteiger partial charge in [-0.25, -0.2) is 0 Å². The first-order chi connectivity index (χ1) is 14.8. The number of unbranched alkanes of at least 4 members (excludes halogenated alkanes) is 1. The monoisotopic (exact) mass is 421 g/mol. The number of nitrogens with one attached hydrogen (secondary N) is 1. The van der Waals surface area contributed by atoms with Gasteiger partial charge >= 0.3 is 0 Å². The first-order valence-corrected chi connectivity index (χ1v) is 11.4. The summed E-state index contributed by atoms with van der Waals surface area (Å²) in [6.45, 7) is 8.22. The highest BCUT2D eigenvalue weighted by atomic mass is 32.2. The summed E-state index contributed by atoms with van der Waals surface area (Å²) >= 11 is 1.91. The quantitative estimate of drug-likeness (QED) is 0.158. The van der Waals surface area contributed by atoms with E-state index in [4.69, 9.17) is 4.42 Å². The van der Waals surface area contributed by atoms with E-state index in [-0.39, 0.29) is 0 Å². The highest BCUT2D eigenvalue weighted by Gasteiger charge is 2.06. The maximum atomic E-state index is 5.97. The van der Waals surface area contributed by atoms with Crippen LogP contribution in [0.3, 0.4) is 0 Å². The summed E-state index contributed by atoms with van der Waals surface area (Å²) in [6, 6.07) is 23.4. The molecule has 0 saturated carbocycles. The second-order valence-electron chi connectivity index (χ2n) is 6.72. The Labute approximate surface area is 184 Å². The van der Waals surface area contributed by atoms with E-state index in [1.165, 1.54) is 29.7 Å². The Morgan fingerprint density at radius 3 is 2.37 bits per heavy atom. The van der Waals surface area contributed by atoms with Crippen molar-refractivity contribution < 1.29 is 4.42 Å². The molecule has 30 heavy (non-hydrogen) atoms. The lowest BCUT2D eigenvalue weighted by Crippen LogP contribution is -1.96. The van der Waals surface area contributed by atoms with Crippen LogP contribution in [0.25, 0.3) is 11.3 Å². The van der Waals surface area contributed by atoms with Crippen LogP contribution in [0, 0.1) is 0 Å². The van der Waals surface area contributed by atoms with Gasteiger partial charge in [0.1, 0.15) is 5.76 Å². The SMILES string of the molecule is C=NN=C.CCCCSCNc1ccc(-c2cccc(CCc3ccccc3)c2)o1. The van der Waals surface area contributed by atoms with Crippen molar-refractivity contribution in [1.29, 1.82) is 0 Å². The molecule has 0 radical (unpaired) electrons. The number of nitrogens with zero attached hydrogens (tertiary/aromatic N) is 2. The molecule has 0 saturated heterocycles. The summed E-state index contributed by atoms with van der Waals surface area (Å²) in [5.74, 6) is 3.86. The summed E-state index contributed by atoms with van der Waals surface area (Å²) in [6.07, 6.45) is 4.62. The van der Waals surface area contributed by atoms with Crippen molar-refractivity contribution in [3.05, 3.63) is 77.9 Å². The van der Waals surface area contributed by atoms with Gasteiger partial charge in [-0.1, -0.05) is 61.9 Å². The average molecular weight is 422 g/mol. The lowest BCUT2D eigenvalue weighted by atomic mass is 10.0. The molecule has 1 N–H and O–H groups in total. The first kappa shape index (κ1) is 23.5. The van der Waals surface area contributed by atoms with E-state index in [0.717, 1.165) is 35.9 Å². The number of thioether (sulfide) groups is 1. The Bertz CT molecular complexity index is 871. The summed E-state index contributed by atoms with van der Waals surface area (Å²) in [4.78, 5) is 0. The predicted octanol–water partition coefficient (Wildman–Crippen LogP) is 6.94. The number of aryl methyl sites for hydroxylation is 2. The minimum atomic E-state index is 0.846. The van der Waals surface area contributed by atoms with E-state index < -0.39 is 0 Å². The zero-order valence-electron chi connectivity index (χ0n) is 17.7. The van der Waals surface area contributed by atoms with Gasteiger partial charge in [0, 0.05) is 25.1 Å². The molecule has 0 aliphatic heterocycles. The second kappa shape index (κ2) is 14.2. The van der Waals surface area contributed by atoms with Gasteiger partial charge in [-0.2, -0.15) is 10.2 Å². The van der Waals surface area contributed by atoms with Crippen LogP contribution in [0.4, 0.5) is 5.88 Å². The molecule has 3 aromatic rings. The van der Waals surface area contributed by atoms with Crippen LogP contribution in [-0.4, -0.2) is 25.1 Å². The molecule has 5 heteroatoms. The highest BCUT2D eigenvalue weighted by molar-refractivity contribution is 7.99. The van der Waals surface area contributed by atoms with Gasteiger partial charge in [0.25, 0.3) is 0 Å². The number of benzene rings is 2. The fourth-order valence-corrected chi connectivity index (χ4v) is 3.72. The Morgan fingerprint density at radius 1 is 0.900 bits per heavy atom. The molecule has 0 aliphatic rings. The number of rotatable bonds is 11. The molecule has 1 aromatic heterocycles. The van der Waals surface area contributed by atoms with E-state index in [2.05, 4.69) is 96.5 Å². The fourth-order valence-electron chi connectivity index (χ4n) is 2.84. The van der Waals surface area contributed by atoms with Crippen molar-refractivity contribution in [2.75, 3.05) is 16.9 Å². The van der Waals surface area contributed by atoms with E-state index >= 15 is 0 Å². The Morgan fingerprint density at radius 2 is 1.63 bits per heavy atom. The van der Waals surface area contributed by atoms with Crippen molar-refractivity contribution in [1.82, 2.24) is 0 Å². The van der Waals surface area contributed by atoms with Crippen LogP contribution in [0.1, 0.15) is 30.9 Å². The average Bonchev–Trinajstić information content (AvgIpc) is 3.28. The lowest BCUT2D eigenvalue weighted by Gasteiger charge is -2.05. The van der Waals surface area contributed by atoms with Gasteiger partial charge in [0.2, 0.25) is 0 Å². The topological polar surface area (TPSA) is 49.9 Å². The van der Waals surface area contributed by atoms with E-state index in [1.807, 2.05) is 17.8 Å². The molecule has 1 heterocycles. The van der Waals surface area contributed by atoms with Crippen molar-refractivity contribution in [3.8, 4) is 11.3 Å². The molecule has 0 fully saturated rings. The van der Waals surface area contributed by atoms with Gasteiger partial charge in [-0.05, 0) is 48.3 Å². The van der Waals surface area contributed by atoms with Crippen LogP contribution >= 0.6 is 11.8 Å². The minimum Gasteiger partial charge on any atom is -0.441 e. The molecule has 4 nitrogen and oxygen atoms in total. The summed E-state index contributed by atoms with van der Waals surface area (Å²) in [7, 11) is 0. The Balaban J connectivity index is 0.000000735. The third kappa shape index (κ3) is 8.70. The van der Waals surface area contributed by atoms with E-state index in [1.54, 1.807) is 0 Å². The normalized spacial score (nSPS) is 10.0. The molecule has 0 spiro atoms. The van der Waals surface area contributed by atoms with Crippen LogP contribution in [0.15, 0.2) is 81.4 Å². The zero-order chi connectivity index (χ0) is 21.4. The van der Waals surface area contributed by atoms with Crippen LogP contribution in [0.2, 0.25) is 0 Å². The largest absolute Gasteiger partial charge is 0.441 e. The third-order valence-electron chi connectivity index (χ3n) is 4.45. The summed E-state index contributed by atoms with van der Waals surface area (Å²) < 4.78 is 5.97. The van der Waals surface area contributed by atoms with Crippen molar-refractivity contribution in [2.45, 2.75) is 32.6 Å². The van der Waals surface area contributed by atoms with E-state index in [9.17, 15) is 0 Å². The maximum Gasteiger partial charge on any atom is 0.194 e. The molecule has 0 aliphatic carbocycles. The van der Waals surface area contributed by atoms with Gasteiger partial charge in [-0.15, -0.1) is 11.8 Å². The number of anilines is 1. The lowest BCUT2D eigenvalue weighted by molar-refractivity contribution is 0.597. The van der Waals surface area contributed by atoms with Crippen molar-refractivity contribution >= 4 is 31.1 Å². The van der Waals surface area contributed by atoms with Gasteiger partial charge in [-0.3, -0.25) is 0 Å². The van der Waals surface area contributed by atoms with Gasteiger partial charge in [0.05, 0.1) is 5.88 Å². The van der Waals surface area contributed by atoms with Crippen molar-refractivity contribution in [3.63, 3.8) is 0 Å². The molecular weight excluding hydrogens is 390 g/mol. The third-order valence-corrected chi connectivity index (χ3v) is 5.38. The number of furan rings is 1. The molecule has 0 bridgehead atoms. The Hall–Kier alpha value is -2.79. The highest BCUT2D eigenvalue weighted by Crippen LogP contribution is 2.26. The number of hydrogen-bond acceptors (Lipinski definition) is 5. The van der Waals surface area contributed by atoms with Gasteiger partial charge in [0.15, 0.2) is 5.88 Å². The standard InChI is InChI=1S/C23H27NOS.C2H4N2/c1-2-3-16-26-18-24-23-15-14-22(25-23)21-11-7-10-20(17-21)13-12-19-8-5-4-6-9-19;1-3-4-2/h4-11,14-15,17,24H,2-3,12-13,16,18H2,1H3;1-2H2. The molecule has 3 rings (SSSR count). The van der Waals surface area contributed by atoms with Crippen LogP contribution in [0.5, 0.6) is 0 Å². The smallest absolute Gasteiger partial charge is 0.194 e. The minimum absolute atomic E-state index is 0.846. The zero-order valence-corrected chi connectivity index (χ0v) is 18.5. The van der Waals surface area contributed by atoms with Crippen molar-refractivity contribution in [2.24, 2.45) is 10.2 Å². The van der Waals surface area contributed by atoms with Crippen LogP contribution in [-0.2, 0) is 12.8 Å². The number of hydrogen-bond donors (Lipinski definition) is 1. The summed E-state index contributed by atoms with van der Waals surface area (Å²) in [5, 5.41) is 9.35. The first-order valence-electron chi connectivity index (χ1n) is 10.2. The van der Waals surface area contributed by atoms with E-state index in [0.29, 0.717) is 0 Å². The molecule has 0 atom stereocenters. The second-order valence-corrected chi connectivity index (χ2v) is 7.82. The van der Waals surface area contributed by atoms with Gasteiger partial charge < -0.3 is 9.73 Å². The molecule has 0 unspecified atom stereocenters. The summed E-state index contributed by atoms with van der Waals surface area (Å²) in [5.41, 5.74) is 3.86. The fraction of sp³-hybridized carbons (Fsp3) is 0.280. The molecular formula is C25H31N3OS. The maximum absolute atomic E-state index is 5.97. The molecule has 158 valence electrons. The molecule has 2 aromatic carbocycles. The van der Waals surface area contributed by atoms with Crippen LogP contribution < -0.4 is 5.32 Å². The molecule has 0 amide bonds. The Kier molecular flexibility index (Phi) is 11.1.